The molecule has 6 heteroatoms. The van der Waals surface area contributed by atoms with Crippen molar-refractivity contribution in [3.63, 3.8) is 0 Å². The molecule has 1 aliphatic heterocycles. The van der Waals surface area contributed by atoms with E-state index >= 15 is 0 Å². The molecule has 0 bridgehead atoms. The lowest BCUT2D eigenvalue weighted by molar-refractivity contribution is -0.189. The van der Waals surface area contributed by atoms with E-state index in [0.717, 1.165) is 0 Å². The van der Waals surface area contributed by atoms with Gasteiger partial charge in [0.05, 0.1) is 20.1 Å². The standard InChI is InChI=1S/C14H18F3NO2/c1-19-9-5-6-12(20-2)10(8-9)13-11(14(15,16)17)4-3-7-18-13/h5-6,8,11,13,18H,3-4,7H2,1-2H3. The smallest absolute Gasteiger partial charge is 0.393 e. The number of nitrogens with one attached hydrogen (secondary N) is 1. The Bertz CT molecular complexity index is 462. The van der Waals surface area contributed by atoms with Crippen LogP contribution in [0.1, 0.15) is 24.4 Å². The van der Waals surface area contributed by atoms with Gasteiger partial charge in [-0.1, -0.05) is 0 Å². The zero-order valence-corrected chi connectivity index (χ0v) is 11.5. The Morgan fingerprint density at radius 1 is 1.20 bits per heavy atom. The molecule has 2 rings (SSSR count). The van der Waals surface area contributed by atoms with Crippen molar-refractivity contribution in [2.24, 2.45) is 5.92 Å². The summed E-state index contributed by atoms with van der Waals surface area (Å²) in [6.45, 7) is 0.567. The van der Waals surface area contributed by atoms with E-state index in [1.54, 1.807) is 18.2 Å². The highest BCUT2D eigenvalue weighted by Gasteiger charge is 2.46. The molecule has 0 radical (unpaired) electrons. The number of benzene rings is 1. The molecule has 1 aromatic carbocycles. The van der Waals surface area contributed by atoms with Crippen molar-refractivity contribution >= 4 is 0 Å². The molecule has 2 unspecified atom stereocenters. The van der Waals surface area contributed by atoms with Crippen LogP contribution in [0.5, 0.6) is 11.5 Å². The van der Waals surface area contributed by atoms with E-state index in [1.807, 2.05) is 0 Å². The van der Waals surface area contributed by atoms with Crippen LogP contribution in [-0.2, 0) is 0 Å². The first kappa shape index (κ1) is 15.0. The Labute approximate surface area is 116 Å². The third-order valence-electron chi connectivity index (χ3n) is 3.65. The summed E-state index contributed by atoms with van der Waals surface area (Å²) in [5.41, 5.74) is 0.494. The van der Waals surface area contributed by atoms with Crippen molar-refractivity contribution in [1.82, 2.24) is 5.32 Å². The summed E-state index contributed by atoms with van der Waals surface area (Å²) in [7, 11) is 2.94. The average molecular weight is 289 g/mol. The molecule has 112 valence electrons. The topological polar surface area (TPSA) is 30.5 Å². The first-order valence-corrected chi connectivity index (χ1v) is 6.49. The molecule has 1 fully saturated rings. The van der Waals surface area contributed by atoms with Gasteiger partial charge in [0, 0.05) is 11.6 Å². The minimum Gasteiger partial charge on any atom is -0.497 e. The van der Waals surface area contributed by atoms with Crippen molar-refractivity contribution in [3.8, 4) is 11.5 Å². The molecule has 20 heavy (non-hydrogen) atoms. The van der Waals surface area contributed by atoms with E-state index in [0.29, 0.717) is 30.0 Å². The Balaban J connectivity index is 2.41. The molecule has 0 amide bonds. The van der Waals surface area contributed by atoms with Gasteiger partial charge in [0.25, 0.3) is 0 Å². The van der Waals surface area contributed by atoms with Crippen LogP contribution < -0.4 is 14.8 Å². The number of rotatable bonds is 3. The number of alkyl halides is 3. The number of halogens is 3. The van der Waals surface area contributed by atoms with E-state index in [4.69, 9.17) is 9.47 Å². The molecular formula is C14H18F3NO2. The molecule has 1 aliphatic rings. The fourth-order valence-electron chi connectivity index (χ4n) is 2.65. The maximum atomic E-state index is 13.2. The lowest BCUT2D eigenvalue weighted by Crippen LogP contribution is -2.41. The van der Waals surface area contributed by atoms with E-state index in [2.05, 4.69) is 5.32 Å². The van der Waals surface area contributed by atoms with E-state index < -0.39 is 18.1 Å². The van der Waals surface area contributed by atoms with Gasteiger partial charge >= 0.3 is 6.18 Å². The molecule has 1 aromatic rings. The number of piperidine rings is 1. The lowest BCUT2D eigenvalue weighted by Gasteiger charge is -2.35. The van der Waals surface area contributed by atoms with Crippen LogP contribution in [-0.4, -0.2) is 26.9 Å². The van der Waals surface area contributed by atoms with Gasteiger partial charge in [0.15, 0.2) is 0 Å². The second-order valence-corrected chi connectivity index (χ2v) is 4.83. The highest BCUT2D eigenvalue weighted by molar-refractivity contribution is 5.43. The summed E-state index contributed by atoms with van der Waals surface area (Å²) >= 11 is 0. The van der Waals surface area contributed by atoms with E-state index in [9.17, 15) is 13.2 Å². The van der Waals surface area contributed by atoms with Crippen molar-refractivity contribution in [3.05, 3.63) is 23.8 Å². The third-order valence-corrected chi connectivity index (χ3v) is 3.65. The Kier molecular flexibility index (Phi) is 4.42. The second kappa shape index (κ2) is 5.91. The molecule has 1 heterocycles. The van der Waals surface area contributed by atoms with Gasteiger partial charge in [-0.25, -0.2) is 0 Å². The highest BCUT2D eigenvalue weighted by Crippen LogP contribution is 2.44. The Morgan fingerprint density at radius 3 is 2.55 bits per heavy atom. The maximum absolute atomic E-state index is 13.2. The second-order valence-electron chi connectivity index (χ2n) is 4.83. The minimum atomic E-state index is -4.23. The molecule has 0 aliphatic carbocycles. The van der Waals surface area contributed by atoms with Gasteiger partial charge in [0.2, 0.25) is 0 Å². The van der Waals surface area contributed by atoms with Crippen LogP contribution in [0.2, 0.25) is 0 Å². The quantitative estimate of drug-likeness (QED) is 0.926. The molecular weight excluding hydrogens is 271 g/mol. The highest BCUT2D eigenvalue weighted by atomic mass is 19.4. The number of methoxy groups -OCH3 is 2. The number of hydrogen-bond acceptors (Lipinski definition) is 3. The zero-order valence-electron chi connectivity index (χ0n) is 11.5. The molecule has 3 nitrogen and oxygen atoms in total. The summed E-state index contributed by atoms with van der Waals surface area (Å²) < 4.78 is 49.8. The van der Waals surface area contributed by atoms with Gasteiger partial charge in [-0.2, -0.15) is 13.2 Å². The van der Waals surface area contributed by atoms with Crippen LogP contribution in [0.15, 0.2) is 18.2 Å². The third kappa shape index (κ3) is 3.00. The van der Waals surface area contributed by atoms with Crippen LogP contribution in [0, 0.1) is 5.92 Å². The van der Waals surface area contributed by atoms with Crippen molar-refractivity contribution in [2.45, 2.75) is 25.1 Å². The first-order chi connectivity index (χ1) is 9.47. The molecule has 0 aromatic heterocycles. The van der Waals surface area contributed by atoms with E-state index in [-0.39, 0.29) is 6.42 Å². The van der Waals surface area contributed by atoms with Crippen LogP contribution in [0.3, 0.4) is 0 Å². The summed E-state index contributed by atoms with van der Waals surface area (Å²) in [4.78, 5) is 0. The molecule has 2 atom stereocenters. The Hall–Kier alpha value is -1.43. The van der Waals surface area contributed by atoms with Gasteiger partial charge < -0.3 is 14.8 Å². The van der Waals surface area contributed by atoms with Crippen molar-refractivity contribution in [1.29, 1.82) is 0 Å². The maximum Gasteiger partial charge on any atom is 0.393 e. The molecule has 0 saturated carbocycles. The zero-order chi connectivity index (χ0) is 14.8. The van der Waals surface area contributed by atoms with Gasteiger partial charge in [0.1, 0.15) is 11.5 Å². The fourth-order valence-corrected chi connectivity index (χ4v) is 2.65. The van der Waals surface area contributed by atoms with Crippen LogP contribution in [0.4, 0.5) is 13.2 Å². The largest absolute Gasteiger partial charge is 0.497 e. The molecule has 0 spiro atoms. The lowest BCUT2D eigenvalue weighted by atomic mass is 9.85. The SMILES string of the molecule is COc1ccc(OC)c(C2NCCCC2C(F)(F)F)c1. The molecule has 1 N–H and O–H groups in total. The van der Waals surface area contributed by atoms with Gasteiger partial charge in [-0.15, -0.1) is 0 Å². The van der Waals surface area contributed by atoms with Crippen molar-refractivity contribution in [2.75, 3.05) is 20.8 Å². The Morgan fingerprint density at radius 2 is 1.95 bits per heavy atom. The first-order valence-electron chi connectivity index (χ1n) is 6.49. The van der Waals surface area contributed by atoms with Crippen molar-refractivity contribution < 1.29 is 22.6 Å². The fraction of sp³-hybridized carbons (Fsp3) is 0.571. The predicted molar refractivity (Wildman–Crippen MR) is 69.1 cm³/mol. The van der Waals surface area contributed by atoms with Gasteiger partial charge in [-0.3, -0.25) is 0 Å². The monoisotopic (exact) mass is 289 g/mol. The normalized spacial score (nSPS) is 23.4. The predicted octanol–water partition coefficient (Wildman–Crippen LogP) is 3.31. The van der Waals surface area contributed by atoms with Crippen LogP contribution >= 0.6 is 0 Å². The molecule has 1 saturated heterocycles. The summed E-state index contributed by atoms with van der Waals surface area (Å²) in [6, 6.07) is 4.13. The summed E-state index contributed by atoms with van der Waals surface area (Å²) in [5.74, 6) is -0.439. The summed E-state index contributed by atoms with van der Waals surface area (Å²) in [6.07, 6.45) is -3.58. The summed E-state index contributed by atoms with van der Waals surface area (Å²) in [5, 5.41) is 2.96. The minimum absolute atomic E-state index is 0.127. The average Bonchev–Trinajstić information content (AvgIpc) is 2.45. The van der Waals surface area contributed by atoms with E-state index in [1.165, 1.54) is 14.2 Å². The van der Waals surface area contributed by atoms with Gasteiger partial charge in [-0.05, 0) is 37.6 Å². The number of hydrogen-bond donors (Lipinski definition) is 1. The van der Waals surface area contributed by atoms with Crippen LogP contribution in [0.25, 0.3) is 0 Å². The number of ether oxygens (including phenoxy) is 2.